The van der Waals surface area contributed by atoms with Gasteiger partial charge in [0.15, 0.2) is 0 Å². The Labute approximate surface area is 169 Å². The molecule has 0 spiro atoms. The number of benzene rings is 1. The van der Waals surface area contributed by atoms with Gasteiger partial charge in [-0.2, -0.15) is 0 Å². The number of aromatic nitrogens is 1. The maximum Gasteiger partial charge on any atom is 0.251 e. The average Bonchev–Trinajstić information content (AvgIpc) is 2.97. The van der Waals surface area contributed by atoms with E-state index in [0.717, 1.165) is 49.2 Å². The van der Waals surface area contributed by atoms with E-state index in [-0.39, 0.29) is 5.91 Å². The zero-order chi connectivity index (χ0) is 20.1. The number of likely N-dealkylation sites (tertiary alicyclic amines) is 1. The highest BCUT2D eigenvalue weighted by atomic mass is 16.1. The molecule has 1 aromatic heterocycles. The van der Waals surface area contributed by atoms with Crippen molar-refractivity contribution in [1.29, 1.82) is 0 Å². The number of carbonyl (C=O) groups excluding carboxylic acids is 1. The van der Waals surface area contributed by atoms with E-state index in [4.69, 9.17) is 5.73 Å². The Morgan fingerprint density at radius 2 is 1.71 bits per heavy atom. The molecule has 4 heteroatoms. The van der Waals surface area contributed by atoms with E-state index in [9.17, 15) is 4.79 Å². The number of primary amides is 1. The van der Waals surface area contributed by atoms with Crippen LogP contribution in [0.5, 0.6) is 0 Å². The number of nitrogens with two attached hydrogens (primary N) is 1. The van der Waals surface area contributed by atoms with Crippen molar-refractivity contribution < 1.29 is 4.79 Å². The number of unbranched alkanes of at least 4 members (excludes halogenated alkanes) is 1. The van der Waals surface area contributed by atoms with Gasteiger partial charge in [0.2, 0.25) is 0 Å². The minimum absolute atomic E-state index is 0.317. The fourth-order valence-corrected chi connectivity index (χ4v) is 4.46. The third-order valence-corrected chi connectivity index (χ3v) is 6.07. The van der Waals surface area contributed by atoms with Crippen LogP contribution in [0.1, 0.15) is 66.3 Å². The summed E-state index contributed by atoms with van der Waals surface area (Å²) in [6.07, 6.45) is 7.18. The normalized spacial score (nSPS) is 15.1. The molecule has 2 aromatic rings. The van der Waals surface area contributed by atoms with Gasteiger partial charge in [0.1, 0.15) is 0 Å². The zero-order valence-corrected chi connectivity index (χ0v) is 17.8. The summed E-state index contributed by atoms with van der Waals surface area (Å²) in [6.45, 7) is 10.7. The van der Waals surface area contributed by atoms with E-state index in [1.165, 1.54) is 43.6 Å². The van der Waals surface area contributed by atoms with Crippen molar-refractivity contribution in [3.05, 3.63) is 46.8 Å². The molecule has 28 heavy (non-hydrogen) atoms. The number of amides is 1. The lowest BCUT2D eigenvalue weighted by atomic mass is 9.97. The molecule has 0 radical (unpaired) electrons. The summed E-state index contributed by atoms with van der Waals surface area (Å²) in [5, 5.41) is 0. The lowest BCUT2D eigenvalue weighted by molar-refractivity contribution is 0.1000. The maximum absolute atomic E-state index is 12.4. The Morgan fingerprint density at radius 3 is 2.32 bits per heavy atom. The van der Waals surface area contributed by atoms with E-state index in [1.54, 1.807) is 0 Å². The lowest BCUT2D eigenvalue weighted by Gasteiger charge is -2.27. The van der Waals surface area contributed by atoms with E-state index < -0.39 is 0 Å². The second kappa shape index (κ2) is 9.42. The molecule has 0 bridgehead atoms. The number of nitrogens with zero attached hydrogens (tertiary/aromatic N) is 2. The first kappa shape index (κ1) is 20.7. The topological polar surface area (TPSA) is 51.3 Å². The molecule has 0 aliphatic carbocycles. The number of aryl methyl sites for hydroxylation is 1. The molecule has 0 atom stereocenters. The van der Waals surface area contributed by atoms with Crippen molar-refractivity contribution >= 4 is 5.91 Å². The van der Waals surface area contributed by atoms with Crippen LogP contribution in [0.15, 0.2) is 24.3 Å². The van der Waals surface area contributed by atoms with Gasteiger partial charge in [-0.15, -0.1) is 0 Å². The summed E-state index contributed by atoms with van der Waals surface area (Å²) in [5.41, 5.74) is 12.2. The Balaban J connectivity index is 2.02. The average molecular weight is 382 g/mol. The minimum Gasteiger partial charge on any atom is -0.366 e. The van der Waals surface area contributed by atoms with Gasteiger partial charge in [0.05, 0.1) is 5.56 Å². The monoisotopic (exact) mass is 381 g/mol. The lowest BCUT2D eigenvalue weighted by Crippen LogP contribution is -2.33. The number of rotatable bonds is 8. The standard InChI is InChI=1S/C24H35N3O/c1-4-5-9-21-23(20-12-10-18(2)11-13-20)22(24(25)28)19(3)27(21)17-16-26-14-7-6-8-15-26/h10-13H,4-9,14-17H2,1-3H3,(H2,25,28). The summed E-state index contributed by atoms with van der Waals surface area (Å²) in [5.74, 6) is -0.317. The molecule has 152 valence electrons. The number of piperidine rings is 1. The summed E-state index contributed by atoms with van der Waals surface area (Å²) < 4.78 is 2.37. The fraction of sp³-hybridized carbons (Fsp3) is 0.542. The van der Waals surface area contributed by atoms with Gasteiger partial charge in [-0.25, -0.2) is 0 Å². The van der Waals surface area contributed by atoms with E-state index in [2.05, 4.69) is 54.5 Å². The Kier molecular flexibility index (Phi) is 6.95. The first-order valence-corrected chi connectivity index (χ1v) is 10.8. The molecule has 4 nitrogen and oxygen atoms in total. The quantitative estimate of drug-likeness (QED) is 0.720. The number of carbonyl (C=O) groups is 1. The summed E-state index contributed by atoms with van der Waals surface area (Å²) >= 11 is 0. The molecule has 1 fully saturated rings. The molecule has 1 aliphatic heterocycles. The van der Waals surface area contributed by atoms with Gasteiger partial charge in [-0.1, -0.05) is 49.6 Å². The van der Waals surface area contributed by atoms with Crippen LogP contribution in [0.2, 0.25) is 0 Å². The number of hydrogen-bond acceptors (Lipinski definition) is 2. The first-order valence-electron chi connectivity index (χ1n) is 10.8. The largest absolute Gasteiger partial charge is 0.366 e. The van der Waals surface area contributed by atoms with Crippen LogP contribution < -0.4 is 5.73 Å². The molecule has 1 saturated heterocycles. The first-order chi connectivity index (χ1) is 13.5. The van der Waals surface area contributed by atoms with Crippen LogP contribution in [0.3, 0.4) is 0 Å². The van der Waals surface area contributed by atoms with Gasteiger partial charge in [0.25, 0.3) is 5.91 Å². The van der Waals surface area contributed by atoms with Crippen LogP contribution >= 0.6 is 0 Å². The molecule has 1 aliphatic rings. The molecular weight excluding hydrogens is 346 g/mol. The second-order valence-electron chi connectivity index (χ2n) is 8.17. The van der Waals surface area contributed by atoms with Crippen LogP contribution in [0.25, 0.3) is 11.1 Å². The Bertz CT molecular complexity index is 798. The molecule has 2 heterocycles. The van der Waals surface area contributed by atoms with Crippen molar-refractivity contribution in [2.45, 2.75) is 65.8 Å². The molecule has 0 saturated carbocycles. The Morgan fingerprint density at radius 1 is 1.04 bits per heavy atom. The highest BCUT2D eigenvalue weighted by molar-refractivity contribution is 6.02. The van der Waals surface area contributed by atoms with Crippen molar-refractivity contribution in [2.24, 2.45) is 5.73 Å². The van der Waals surface area contributed by atoms with Crippen molar-refractivity contribution in [1.82, 2.24) is 9.47 Å². The summed E-state index contributed by atoms with van der Waals surface area (Å²) in [7, 11) is 0. The van der Waals surface area contributed by atoms with Crippen LogP contribution in [-0.4, -0.2) is 35.0 Å². The fourth-order valence-electron chi connectivity index (χ4n) is 4.46. The zero-order valence-electron chi connectivity index (χ0n) is 17.8. The van der Waals surface area contributed by atoms with Gasteiger partial charge in [-0.3, -0.25) is 4.79 Å². The molecule has 3 rings (SSSR count). The van der Waals surface area contributed by atoms with E-state index >= 15 is 0 Å². The second-order valence-corrected chi connectivity index (χ2v) is 8.17. The van der Waals surface area contributed by atoms with Gasteiger partial charge >= 0.3 is 0 Å². The van der Waals surface area contributed by atoms with Crippen LogP contribution in [0.4, 0.5) is 0 Å². The third kappa shape index (κ3) is 4.49. The predicted octanol–water partition coefficient (Wildman–Crippen LogP) is 4.70. The number of hydrogen-bond donors (Lipinski definition) is 1. The molecule has 2 N–H and O–H groups in total. The SMILES string of the molecule is CCCCc1c(-c2ccc(C)cc2)c(C(N)=O)c(C)n1CCN1CCCCC1. The van der Waals surface area contributed by atoms with Crippen LogP contribution in [0, 0.1) is 13.8 Å². The van der Waals surface area contributed by atoms with Crippen LogP contribution in [-0.2, 0) is 13.0 Å². The Hall–Kier alpha value is -2.07. The molecular formula is C24H35N3O. The van der Waals surface area contributed by atoms with E-state index in [1.807, 2.05) is 0 Å². The smallest absolute Gasteiger partial charge is 0.251 e. The van der Waals surface area contributed by atoms with Gasteiger partial charge in [0, 0.05) is 30.0 Å². The minimum atomic E-state index is -0.317. The van der Waals surface area contributed by atoms with Crippen molar-refractivity contribution in [3.63, 3.8) is 0 Å². The highest BCUT2D eigenvalue weighted by Crippen LogP contribution is 2.34. The predicted molar refractivity (Wildman–Crippen MR) is 117 cm³/mol. The molecule has 1 amide bonds. The third-order valence-electron chi connectivity index (χ3n) is 6.07. The highest BCUT2D eigenvalue weighted by Gasteiger charge is 2.24. The summed E-state index contributed by atoms with van der Waals surface area (Å²) in [6, 6.07) is 8.48. The maximum atomic E-state index is 12.4. The van der Waals surface area contributed by atoms with Crippen molar-refractivity contribution in [2.75, 3.05) is 19.6 Å². The van der Waals surface area contributed by atoms with E-state index in [0.29, 0.717) is 5.56 Å². The molecule has 0 unspecified atom stereocenters. The van der Waals surface area contributed by atoms with Gasteiger partial charge in [-0.05, 0) is 58.2 Å². The summed E-state index contributed by atoms with van der Waals surface area (Å²) in [4.78, 5) is 15.0. The molecule has 1 aromatic carbocycles. The van der Waals surface area contributed by atoms with Crippen molar-refractivity contribution in [3.8, 4) is 11.1 Å². The van der Waals surface area contributed by atoms with Gasteiger partial charge < -0.3 is 15.2 Å².